The Morgan fingerprint density at radius 3 is 2.67 bits per heavy atom. The molecule has 0 spiro atoms. The summed E-state index contributed by atoms with van der Waals surface area (Å²) >= 11 is 5.91. The first-order chi connectivity index (χ1) is 12.9. The smallest absolute Gasteiger partial charge is 0.262 e. The van der Waals surface area contributed by atoms with Crippen LogP contribution < -0.4 is 20.2 Å². The highest BCUT2D eigenvalue weighted by Gasteiger charge is 2.12. The van der Waals surface area contributed by atoms with Crippen molar-refractivity contribution in [1.82, 2.24) is 5.43 Å². The number of halogens is 1. The Balaban J connectivity index is 1.92. The Bertz CT molecular complexity index is 809. The van der Waals surface area contributed by atoms with Crippen LogP contribution >= 0.6 is 11.6 Å². The van der Waals surface area contributed by atoms with Crippen molar-refractivity contribution in [2.24, 2.45) is 5.10 Å². The normalized spacial score (nSPS) is 11.9. The number of anilines is 1. The quantitative estimate of drug-likeness (QED) is 0.473. The van der Waals surface area contributed by atoms with Crippen molar-refractivity contribution < 1.29 is 19.4 Å². The van der Waals surface area contributed by atoms with E-state index in [9.17, 15) is 9.90 Å². The van der Waals surface area contributed by atoms with E-state index in [0.29, 0.717) is 12.2 Å². The topological polar surface area (TPSA) is 92.2 Å². The molecule has 1 unspecified atom stereocenters. The molecule has 2 rings (SSSR count). The van der Waals surface area contributed by atoms with E-state index >= 15 is 0 Å². The fourth-order valence-electron chi connectivity index (χ4n) is 2.22. The molecule has 0 aliphatic heterocycles. The summed E-state index contributed by atoms with van der Waals surface area (Å²) in [5, 5.41) is 16.8. The second-order valence-corrected chi connectivity index (χ2v) is 6.02. The molecule has 0 radical (unpaired) electrons. The van der Waals surface area contributed by atoms with E-state index in [-0.39, 0.29) is 22.4 Å². The zero-order valence-electron chi connectivity index (χ0n) is 15.3. The highest BCUT2D eigenvalue weighted by Crippen LogP contribution is 2.34. The van der Waals surface area contributed by atoms with Gasteiger partial charge in [-0.3, -0.25) is 4.79 Å². The molecule has 0 saturated carbocycles. The summed E-state index contributed by atoms with van der Waals surface area (Å²) in [6, 6.07) is 9.89. The Kier molecular flexibility index (Phi) is 7.31. The molecule has 27 heavy (non-hydrogen) atoms. The predicted molar refractivity (Wildman–Crippen MR) is 106 cm³/mol. The van der Waals surface area contributed by atoms with E-state index in [1.54, 1.807) is 13.0 Å². The lowest BCUT2D eigenvalue weighted by atomic mass is 10.2. The van der Waals surface area contributed by atoms with Gasteiger partial charge >= 0.3 is 0 Å². The second kappa shape index (κ2) is 9.68. The number of hydrazone groups is 1. The maximum absolute atomic E-state index is 12.1. The standard InChI is InChI=1S/C19H22ClN3O4/c1-4-27-15-7-5-14(6-8-15)22-12(2)19(25)23-21-11-13-9-16(20)18(24)17(10-13)26-3/h5-12,22,24H,4H2,1-3H3,(H,23,25)/b21-11+. The van der Waals surface area contributed by atoms with E-state index in [4.69, 9.17) is 21.1 Å². The fourth-order valence-corrected chi connectivity index (χ4v) is 2.44. The van der Waals surface area contributed by atoms with Crippen LogP contribution in [0.15, 0.2) is 41.5 Å². The number of aromatic hydroxyl groups is 1. The van der Waals surface area contributed by atoms with E-state index in [0.717, 1.165) is 11.4 Å². The average Bonchev–Trinajstić information content (AvgIpc) is 2.66. The number of rotatable bonds is 8. The van der Waals surface area contributed by atoms with Gasteiger partial charge in [-0.25, -0.2) is 5.43 Å². The van der Waals surface area contributed by atoms with Crippen LogP contribution in [0.25, 0.3) is 0 Å². The molecule has 2 aromatic carbocycles. The minimum Gasteiger partial charge on any atom is -0.503 e. The van der Waals surface area contributed by atoms with Crippen LogP contribution in [0.1, 0.15) is 19.4 Å². The summed E-state index contributed by atoms with van der Waals surface area (Å²) in [6.07, 6.45) is 1.41. The third-order valence-corrected chi connectivity index (χ3v) is 3.89. The highest BCUT2D eigenvalue weighted by atomic mass is 35.5. The van der Waals surface area contributed by atoms with E-state index in [1.807, 2.05) is 31.2 Å². The van der Waals surface area contributed by atoms with Gasteiger partial charge in [-0.1, -0.05) is 11.6 Å². The van der Waals surface area contributed by atoms with Gasteiger partial charge in [-0.15, -0.1) is 0 Å². The highest BCUT2D eigenvalue weighted by molar-refractivity contribution is 6.32. The molecule has 1 amide bonds. The average molecular weight is 392 g/mol. The number of phenols is 1. The van der Waals surface area contributed by atoms with Crippen LogP contribution in [0.3, 0.4) is 0 Å². The molecule has 144 valence electrons. The number of nitrogens with one attached hydrogen (secondary N) is 2. The predicted octanol–water partition coefficient (Wildman–Crippen LogP) is 3.40. The molecular formula is C19H22ClN3O4. The van der Waals surface area contributed by atoms with Gasteiger partial charge < -0.3 is 19.9 Å². The molecule has 1 atom stereocenters. The molecule has 0 bridgehead atoms. The Hall–Kier alpha value is -2.93. The molecule has 7 nitrogen and oxygen atoms in total. The molecular weight excluding hydrogens is 370 g/mol. The number of amides is 1. The Labute approximate surface area is 162 Å². The van der Waals surface area contributed by atoms with Gasteiger partial charge in [0.2, 0.25) is 0 Å². The first-order valence-electron chi connectivity index (χ1n) is 8.33. The summed E-state index contributed by atoms with van der Waals surface area (Å²) in [5.41, 5.74) is 3.81. The largest absolute Gasteiger partial charge is 0.503 e. The number of phenolic OH excluding ortho intramolecular Hbond substituents is 1. The SMILES string of the molecule is CCOc1ccc(NC(C)C(=O)N/N=C/c2cc(Cl)c(O)c(OC)c2)cc1. The van der Waals surface area contributed by atoms with Crippen LogP contribution in [0.2, 0.25) is 5.02 Å². The van der Waals surface area contributed by atoms with Gasteiger partial charge in [0, 0.05) is 5.69 Å². The zero-order chi connectivity index (χ0) is 19.8. The number of benzene rings is 2. The third kappa shape index (κ3) is 5.79. The van der Waals surface area contributed by atoms with E-state index < -0.39 is 6.04 Å². The molecule has 8 heteroatoms. The lowest BCUT2D eigenvalue weighted by molar-refractivity contribution is -0.121. The van der Waals surface area contributed by atoms with Gasteiger partial charge in [0.05, 0.1) is 25.0 Å². The van der Waals surface area contributed by atoms with Crippen LogP contribution in [0, 0.1) is 0 Å². The van der Waals surface area contributed by atoms with E-state index in [1.165, 1.54) is 19.4 Å². The minimum atomic E-state index is -0.502. The van der Waals surface area contributed by atoms with Crippen molar-refractivity contribution in [2.75, 3.05) is 19.0 Å². The number of carbonyl (C=O) groups excluding carboxylic acids is 1. The first kappa shape index (κ1) is 20.4. The molecule has 2 aromatic rings. The Morgan fingerprint density at radius 2 is 2.04 bits per heavy atom. The second-order valence-electron chi connectivity index (χ2n) is 5.61. The summed E-state index contributed by atoms with van der Waals surface area (Å²) in [5.74, 6) is 0.541. The fraction of sp³-hybridized carbons (Fsp3) is 0.263. The molecule has 0 aromatic heterocycles. The third-order valence-electron chi connectivity index (χ3n) is 3.60. The lowest BCUT2D eigenvalue weighted by Gasteiger charge is -2.14. The number of hydrogen-bond acceptors (Lipinski definition) is 6. The van der Waals surface area contributed by atoms with Gasteiger partial charge in [0.25, 0.3) is 5.91 Å². The van der Waals surface area contributed by atoms with Crippen molar-refractivity contribution in [3.05, 3.63) is 47.0 Å². The lowest BCUT2D eigenvalue weighted by Crippen LogP contribution is -2.34. The first-order valence-corrected chi connectivity index (χ1v) is 8.71. The van der Waals surface area contributed by atoms with Crippen molar-refractivity contribution in [3.8, 4) is 17.2 Å². The van der Waals surface area contributed by atoms with Gasteiger partial charge in [0.1, 0.15) is 11.8 Å². The summed E-state index contributed by atoms with van der Waals surface area (Å²) < 4.78 is 10.4. The maximum atomic E-state index is 12.1. The molecule has 0 aliphatic carbocycles. The monoisotopic (exact) mass is 391 g/mol. The molecule has 0 aliphatic rings. The van der Waals surface area contributed by atoms with E-state index in [2.05, 4.69) is 15.8 Å². The zero-order valence-corrected chi connectivity index (χ0v) is 16.1. The molecule has 0 heterocycles. The number of methoxy groups -OCH3 is 1. The van der Waals surface area contributed by atoms with Crippen molar-refractivity contribution >= 4 is 29.4 Å². The number of hydrogen-bond donors (Lipinski definition) is 3. The van der Waals surface area contributed by atoms with Crippen molar-refractivity contribution in [1.29, 1.82) is 0 Å². The van der Waals surface area contributed by atoms with Gasteiger partial charge in [-0.05, 0) is 55.8 Å². The van der Waals surface area contributed by atoms with Crippen LogP contribution in [-0.2, 0) is 4.79 Å². The maximum Gasteiger partial charge on any atom is 0.262 e. The van der Waals surface area contributed by atoms with Crippen LogP contribution in [0.4, 0.5) is 5.69 Å². The summed E-state index contributed by atoms with van der Waals surface area (Å²) in [4.78, 5) is 12.1. The van der Waals surface area contributed by atoms with Crippen molar-refractivity contribution in [3.63, 3.8) is 0 Å². The Morgan fingerprint density at radius 1 is 1.33 bits per heavy atom. The van der Waals surface area contributed by atoms with Crippen LogP contribution in [-0.4, -0.2) is 37.0 Å². The molecule has 0 saturated heterocycles. The molecule has 0 fully saturated rings. The molecule has 3 N–H and O–H groups in total. The van der Waals surface area contributed by atoms with Crippen molar-refractivity contribution in [2.45, 2.75) is 19.9 Å². The van der Waals surface area contributed by atoms with Gasteiger partial charge in [0.15, 0.2) is 11.5 Å². The number of carbonyl (C=O) groups is 1. The summed E-state index contributed by atoms with van der Waals surface area (Å²) in [6.45, 7) is 4.24. The van der Waals surface area contributed by atoms with Gasteiger partial charge in [-0.2, -0.15) is 5.10 Å². The number of nitrogens with zero attached hydrogens (tertiary/aromatic N) is 1. The number of ether oxygens (including phenoxy) is 2. The van der Waals surface area contributed by atoms with Crippen LogP contribution in [0.5, 0.6) is 17.2 Å². The minimum absolute atomic E-state index is 0.132. The summed E-state index contributed by atoms with van der Waals surface area (Å²) in [7, 11) is 1.42.